The van der Waals surface area contributed by atoms with E-state index in [9.17, 15) is 9.00 Å². The highest BCUT2D eigenvalue weighted by molar-refractivity contribution is 7.74. The van der Waals surface area contributed by atoms with E-state index in [0.29, 0.717) is 0 Å². The lowest BCUT2D eigenvalue weighted by molar-refractivity contribution is -0.141. The van der Waals surface area contributed by atoms with Crippen molar-refractivity contribution in [2.45, 2.75) is 13.0 Å². The Hall–Kier alpha value is -0.760. The average Bonchev–Trinajstić information content (AvgIpc) is 2.12. The molecule has 82 valence electrons. The van der Waals surface area contributed by atoms with E-state index in [1.165, 1.54) is 12.2 Å². The third kappa shape index (κ3) is 7.87. The van der Waals surface area contributed by atoms with Crippen LogP contribution in [0.1, 0.15) is 6.92 Å². The molecular weight excluding hydrogens is 212 g/mol. The van der Waals surface area contributed by atoms with E-state index in [4.69, 9.17) is 9.66 Å². The summed E-state index contributed by atoms with van der Waals surface area (Å²) in [6.07, 6.45) is 1.58. The van der Waals surface area contributed by atoms with Gasteiger partial charge in [-0.05, 0) is 6.92 Å². The van der Waals surface area contributed by atoms with Gasteiger partial charge in [0.15, 0.2) is 0 Å². The number of carbonyl (C=O) groups is 1. The number of hydrogen-bond donors (Lipinski definition) is 2. The molecule has 0 aromatic rings. The summed E-state index contributed by atoms with van der Waals surface area (Å²) in [5.41, 5.74) is 0. The summed E-state index contributed by atoms with van der Waals surface area (Å²) in [5.74, 6) is -0.586. The van der Waals surface area contributed by atoms with Gasteiger partial charge in [-0.15, -0.1) is 0 Å². The molecule has 0 saturated carbocycles. The molecule has 2 unspecified atom stereocenters. The minimum Gasteiger partial charge on any atom is -0.460 e. The Morgan fingerprint density at radius 3 is 2.71 bits per heavy atom. The van der Waals surface area contributed by atoms with Gasteiger partial charge in [0.1, 0.15) is 12.7 Å². The van der Waals surface area contributed by atoms with Crippen molar-refractivity contribution in [1.29, 1.82) is 0 Å². The molecule has 0 aliphatic carbocycles. The molecule has 0 aliphatic heterocycles. The van der Waals surface area contributed by atoms with Crippen molar-refractivity contribution in [2.75, 3.05) is 13.2 Å². The Labute approximate surface area is 84.0 Å². The topological polar surface area (TPSA) is 93.1 Å². The molecule has 0 aromatic carbocycles. The summed E-state index contributed by atoms with van der Waals surface area (Å²) in [4.78, 5) is 10.7. The molecule has 0 fully saturated rings. The first-order valence-corrected chi connectivity index (χ1v) is 4.81. The Morgan fingerprint density at radius 2 is 2.21 bits per heavy atom. The summed E-state index contributed by atoms with van der Waals surface area (Å²) in [5, 5.41) is 9.04. The van der Waals surface area contributed by atoms with Gasteiger partial charge in [-0.2, -0.15) is 4.21 Å². The molecule has 0 spiro atoms. The smallest absolute Gasteiger partial charge is 0.330 e. The van der Waals surface area contributed by atoms with Crippen LogP contribution in [0.25, 0.3) is 0 Å². The van der Waals surface area contributed by atoms with E-state index >= 15 is 0 Å². The third-order valence-corrected chi connectivity index (χ3v) is 1.42. The SMILES string of the molecule is CC=CC(=O)OCC(O)COS(=O)O. The number of allylic oxidation sites excluding steroid dienone is 1. The Bertz CT molecular complexity index is 226. The van der Waals surface area contributed by atoms with Crippen LogP contribution >= 0.6 is 0 Å². The van der Waals surface area contributed by atoms with Crippen molar-refractivity contribution in [3.63, 3.8) is 0 Å². The van der Waals surface area contributed by atoms with Crippen LogP contribution in [0.2, 0.25) is 0 Å². The fourth-order valence-electron chi connectivity index (χ4n) is 0.547. The van der Waals surface area contributed by atoms with Gasteiger partial charge in [0, 0.05) is 6.08 Å². The number of aliphatic hydroxyl groups is 1. The van der Waals surface area contributed by atoms with Crippen molar-refractivity contribution in [2.24, 2.45) is 0 Å². The van der Waals surface area contributed by atoms with E-state index in [-0.39, 0.29) is 13.2 Å². The van der Waals surface area contributed by atoms with Gasteiger partial charge in [-0.25, -0.2) is 4.79 Å². The van der Waals surface area contributed by atoms with Crippen molar-refractivity contribution in [3.05, 3.63) is 12.2 Å². The number of aliphatic hydroxyl groups excluding tert-OH is 1. The number of carbonyl (C=O) groups excluding carboxylic acids is 1. The minimum atomic E-state index is -2.42. The lowest BCUT2D eigenvalue weighted by atomic mass is 10.4. The number of esters is 1. The second-order valence-corrected chi connectivity index (χ2v) is 2.96. The Kier molecular flexibility index (Phi) is 7.21. The number of rotatable bonds is 6. The maximum Gasteiger partial charge on any atom is 0.330 e. The zero-order valence-corrected chi connectivity index (χ0v) is 8.40. The van der Waals surface area contributed by atoms with Gasteiger partial charge in [0.25, 0.3) is 0 Å². The highest BCUT2D eigenvalue weighted by Gasteiger charge is 2.08. The van der Waals surface area contributed by atoms with Gasteiger partial charge in [-0.3, -0.25) is 8.74 Å². The number of hydrogen-bond acceptors (Lipinski definition) is 5. The maximum absolute atomic E-state index is 10.7. The van der Waals surface area contributed by atoms with Gasteiger partial charge in [0.2, 0.25) is 0 Å². The van der Waals surface area contributed by atoms with E-state index in [0.717, 1.165) is 0 Å². The third-order valence-electron chi connectivity index (χ3n) is 1.08. The zero-order chi connectivity index (χ0) is 11.0. The van der Waals surface area contributed by atoms with Gasteiger partial charge in [0.05, 0.1) is 6.61 Å². The molecule has 0 aromatic heterocycles. The molecule has 6 nitrogen and oxygen atoms in total. The highest BCUT2D eigenvalue weighted by Crippen LogP contribution is 1.91. The summed E-state index contributed by atoms with van der Waals surface area (Å²) in [7, 11) is 0. The van der Waals surface area contributed by atoms with E-state index in [1.807, 2.05) is 0 Å². The van der Waals surface area contributed by atoms with Crippen LogP contribution in [0.4, 0.5) is 0 Å². The Morgan fingerprint density at radius 1 is 1.57 bits per heavy atom. The number of ether oxygens (including phenoxy) is 1. The molecule has 7 heteroatoms. The largest absolute Gasteiger partial charge is 0.460 e. The second kappa shape index (κ2) is 7.63. The van der Waals surface area contributed by atoms with Crippen LogP contribution in [0, 0.1) is 0 Å². The molecule has 0 amide bonds. The first-order chi connectivity index (χ1) is 6.56. The minimum absolute atomic E-state index is 0.277. The first kappa shape index (κ1) is 13.2. The lowest BCUT2D eigenvalue weighted by Crippen LogP contribution is -2.23. The van der Waals surface area contributed by atoms with Crippen molar-refractivity contribution >= 4 is 17.3 Å². The summed E-state index contributed by atoms with van der Waals surface area (Å²) < 4.78 is 26.9. The molecular formula is C7H12O6S. The van der Waals surface area contributed by atoms with Gasteiger partial charge >= 0.3 is 17.3 Å². The van der Waals surface area contributed by atoms with Crippen molar-refractivity contribution in [3.8, 4) is 0 Å². The second-order valence-electron chi connectivity index (χ2n) is 2.29. The molecule has 14 heavy (non-hydrogen) atoms. The highest BCUT2D eigenvalue weighted by atomic mass is 32.2. The molecule has 2 atom stereocenters. The first-order valence-electron chi connectivity index (χ1n) is 3.78. The van der Waals surface area contributed by atoms with Crippen LogP contribution in [0.15, 0.2) is 12.2 Å². The normalized spacial score (nSPS) is 15.4. The molecule has 2 N–H and O–H groups in total. The fourth-order valence-corrected chi connectivity index (χ4v) is 0.821. The standard InChI is InChI=1S/C7H12O6S/c1-2-3-7(9)12-4-6(8)5-13-14(10)11/h2-3,6,8H,4-5H2,1H3,(H,10,11). The summed E-state index contributed by atoms with van der Waals surface area (Å²) in [6, 6.07) is 0. The summed E-state index contributed by atoms with van der Waals surface area (Å²) >= 11 is -2.42. The summed E-state index contributed by atoms with van der Waals surface area (Å²) in [6.45, 7) is 1.00. The molecule has 0 radical (unpaired) electrons. The molecule has 0 rings (SSSR count). The van der Waals surface area contributed by atoms with Crippen molar-refractivity contribution < 1.29 is 27.6 Å². The molecule has 0 bridgehead atoms. The predicted molar refractivity (Wildman–Crippen MR) is 48.5 cm³/mol. The van der Waals surface area contributed by atoms with Crippen LogP contribution < -0.4 is 0 Å². The average molecular weight is 224 g/mol. The van der Waals surface area contributed by atoms with E-state index in [1.54, 1.807) is 6.92 Å². The van der Waals surface area contributed by atoms with Crippen LogP contribution in [-0.4, -0.2) is 39.2 Å². The zero-order valence-electron chi connectivity index (χ0n) is 7.58. The van der Waals surface area contributed by atoms with Crippen molar-refractivity contribution in [1.82, 2.24) is 0 Å². The van der Waals surface area contributed by atoms with Crippen LogP contribution in [0.3, 0.4) is 0 Å². The lowest BCUT2D eigenvalue weighted by Gasteiger charge is -2.08. The molecule has 0 aliphatic rings. The van der Waals surface area contributed by atoms with E-state index < -0.39 is 23.4 Å². The fraction of sp³-hybridized carbons (Fsp3) is 0.571. The monoisotopic (exact) mass is 224 g/mol. The van der Waals surface area contributed by atoms with Gasteiger partial charge in [-0.1, -0.05) is 6.08 Å². The van der Waals surface area contributed by atoms with Crippen LogP contribution in [-0.2, 0) is 25.1 Å². The maximum atomic E-state index is 10.7. The van der Waals surface area contributed by atoms with Gasteiger partial charge < -0.3 is 9.84 Å². The molecule has 0 saturated heterocycles. The van der Waals surface area contributed by atoms with Crippen LogP contribution in [0.5, 0.6) is 0 Å². The Balaban J connectivity index is 3.58. The predicted octanol–water partition coefficient (Wildman–Crippen LogP) is -0.380. The van der Waals surface area contributed by atoms with E-state index in [2.05, 4.69) is 8.92 Å². The molecule has 0 heterocycles. The quantitative estimate of drug-likeness (QED) is 0.363.